The van der Waals surface area contributed by atoms with Crippen LogP contribution in [-0.2, 0) is 35.5 Å². The molecule has 2 aromatic rings. The van der Waals surface area contributed by atoms with Crippen molar-refractivity contribution in [2.24, 2.45) is 5.16 Å². The maximum atomic E-state index is 13.4. The highest BCUT2D eigenvalue weighted by Gasteiger charge is 2.31. The predicted octanol–water partition coefficient (Wildman–Crippen LogP) is 3.06. The highest BCUT2D eigenvalue weighted by atomic mass is 32.2. The fourth-order valence-electron chi connectivity index (χ4n) is 5.60. The van der Waals surface area contributed by atoms with Crippen LogP contribution in [0.3, 0.4) is 0 Å². The lowest BCUT2D eigenvalue weighted by molar-refractivity contribution is -0.133. The van der Waals surface area contributed by atoms with Gasteiger partial charge in [-0.05, 0) is 31.9 Å². The van der Waals surface area contributed by atoms with Crippen LogP contribution in [-0.4, -0.2) is 91.0 Å². The minimum atomic E-state index is -3.42. The normalized spacial score (nSPS) is 22.7. The molecule has 0 unspecified atom stereocenters. The van der Waals surface area contributed by atoms with Gasteiger partial charge in [-0.3, -0.25) is 19.8 Å². The predicted molar refractivity (Wildman–Crippen MR) is 156 cm³/mol. The summed E-state index contributed by atoms with van der Waals surface area (Å²) in [7, 11) is -3.42. The average Bonchev–Trinajstić information content (AvgIpc) is 3.73. The van der Waals surface area contributed by atoms with Gasteiger partial charge in [-0.1, -0.05) is 30.1 Å². The third-order valence-electron chi connectivity index (χ3n) is 7.86. The number of amides is 2. The van der Waals surface area contributed by atoms with Gasteiger partial charge in [0.2, 0.25) is 5.91 Å². The maximum Gasteiger partial charge on any atom is 0.280 e. The minimum Gasteiger partial charge on any atom is -0.389 e. The summed E-state index contributed by atoms with van der Waals surface area (Å²) in [6.45, 7) is 7.51. The van der Waals surface area contributed by atoms with Crippen molar-refractivity contribution in [3.05, 3.63) is 40.9 Å². The van der Waals surface area contributed by atoms with E-state index >= 15 is 0 Å². The fourth-order valence-corrected chi connectivity index (χ4v) is 8.31. The Balaban J connectivity index is 1.27. The van der Waals surface area contributed by atoms with Gasteiger partial charge < -0.3 is 14.5 Å². The number of anilines is 1. The molecule has 3 fully saturated rings. The first-order chi connectivity index (χ1) is 19.7. The highest BCUT2D eigenvalue weighted by Crippen LogP contribution is 2.30. The Morgan fingerprint density at radius 1 is 1.17 bits per heavy atom. The summed E-state index contributed by atoms with van der Waals surface area (Å²) in [4.78, 5) is 40.6. The first-order valence-corrected chi connectivity index (χ1v) is 16.5. The molecule has 0 radical (unpaired) electrons. The number of sulfone groups is 1. The average molecular weight is 604 g/mol. The Bertz CT molecular complexity index is 1360. The molecule has 1 aromatic heterocycles. The number of rotatable bonds is 9. The first-order valence-electron chi connectivity index (χ1n) is 14.1. The van der Waals surface area contributed by atoms with E-state index < -0.39 is 15.7 Å². The molecule has 3 aliphatic rings. The van der Waals surface area contributed by atoms with Crippen molar-refractivity contribution in [1.29, 1.82) is 0 Å². The summed E-state index contributed by atoms with van der Waals surface area (Å²) >= 11 is 1.38. The quantitative estimate of drug-likeness (QED) is 0.342. The van der Waals surface area contributed by atoms with Crippen LogP contribution >= 0.6 is 11.3 Å². The van der Waals surface area contributed by atoms with Crippen molar-refractivity contribution in [2.45, 2.75) is 74.8 Å². The number of hydrogen-bond acceptors (Lipinski definition) is 10. The van der Waals surface area contributed by atoms with Gasteiger partial charge in [0.25, 0.3) is 5.91 Å². The minimum absolute atomic E-state index is 0.0349. The van der Waals surface area contributed by atoms with E-state index in [2.05, 4.69) is 20.4 Å². The molecule has 41 heavy (non-hydrogen) atoms. The van der Waals surface area contributed by atoms with Crippen LogP contribution in [0.15, 0.2) is 40.5 Å². The smallest absolute Gasteiger partial charge is 0.280 e. The van der Waals surface area contributed by atoms with E-state index in [1.54, 1.807) is 37.4 Å². The number of oxime groups is 1. The van der Waals surface area contributed by atoms with E-state index in [1.807, 2.05) is 11.8 Å². The Kier molecular flexibility index (Phi) is 9.37. The van der Waals surface area contributed by atoms with E-state index in [0.717, 1.165) is 30.8 Å². The van der Waals surface area contributed by atoms with E-state index in [-0.39, 0.29) is 33.9 Å². The number of nitrogens with zero attached hydrogens (tertiary/aromatic N) is 4. The third-order valence-corrected chi connectivity index (χ3v) is 11.0. The summed E-state index contributed by atoms with van der Waals surface area (Å²) in [5.41, 5.74) is 0.480. The lowest BCUT2D eigenvalue weighted by atomic mass is 10.1. The lowest BCUT2D eigenvalue weighted by Crippen LogP contribution is -2.52. The molecule has 0 spiro atoms. The summed E-state index contributed by atoms with van der Waals surface area (Å²) < 4.78 is 31.4. The van der Waals surface area contributed by atoms with Gasteiger partial charge >= 0.3 is 0 Å². The topological polar surface area (TPSA) is 130 Å². The molecule has 2 amide bonds. The number of piperazine rings is 1. The van der Waals surface area contributed by atoms with E-state index in [1.165, 1.54) is 11.3 Å². The molecular weight excluding hydrogens is 566 g/mol. The zero-order valence-corrected chi connectivity index (χ0v) is 25.1. The molecule has 13 heteroatoms. The van der Waals surface area contributed by atoms with Crippen LogP contribution in [0.4, 0.5) is 5.13 Å². The summed E-state index contributed by atoms with van der Waals surface area (Å²) in [5, 5.41) is 7.09. The molecule has 1 N–H and O–H groups in total. The van der Waals surface area contributed by atoms with Crippen LogP contribution in [0.2, 0.25) is 0 Å². The number of ether oxygens (including phenoxy) is 1. The molecule has 0 bridgehead atoms. The number of carbonyl (C=O) groups is 2. The molecule has 11 nitrogen and oxygen atoms in total. The first kappa shape index (κ1) is 29.6. The number of hydrogen-bond donors (Lipinski definition) is 1. The molecule has 2 aliphatic heterocycles. The van der Waals surface area contributed by atoms with Crippen molar-refractivity contribution in [1.82, 2.24) is 14.8 Å². The van der Waals surface area contributed by atoms with Crippen LogP contribution in [0.5, 0.6) is 0 Å². The lowest BCUT2D eigenvalue weighted by Gasteiger charge is -2.39. The number of carbonyl (C=O) groups excluding carboxylic acids is 2. The van der Waals surface area contributed by atoms with E-state index in [9.17, 15) is 18.0 Å². The Hall–Kier alpha value is -2.87. The number of nitrogens with one attached hydrogen (secondary N) is 1. The Morgan fingerprint density at radius 3 is 2.59 bits per heavy atom. The molecule has 3 heterocycles. The maximum absolute atomic E-state index is 13.4. The fraction of sp³-hybridized carbons (Fsp3) is 0.571. The third kappa shape index (κ3) is 7.14. The second kappa shape index (κ2) is 13.0. The van der Waals surface area contributed by atoms with Gasteiger partial charge in [0.15, 0.2) is 26.8 Å². The summed E-state index contributed by atoms with van der Waals surface area (Å²) in [5.74, 6) is -0.410. The van der Waals surface area contributed by atoms with Gasteiger partial charge in [-0.15, -0.1) is 11.3 Å². The van der Waals surface area contributed by atoms with Crippen molar-refractivity contribution in [3.63, 3.8) is 0 Å². The van der Waals surface area contributed by atoms with Crippen LogP contribution in [0.25, 0.3) is 0 Å². The highest BCUT2D eigenvalue weighted by molar-refractivity contribution is 7.92. The number of benzene rings is 1. The molecular formula is C28H37N5O6S2. The molecule has 5 rings (SSSR count). The van der Waals surface area contributed by atoms with Crippen LogP contribution in [0.1, 0.15) is 56.4 Å². The monoisotopic (exact) mass is 603 g/mol. The standard InChI is InChI=1S/C28H37N5O6S2/c1-19-16-32(12-13-33(19)20(2)34)17-23-15-29-28(40-23)30-27(35)26(31-39-22-11-14-38-18-22)21-7-9-25(10-8-21)41(36,37)24-5-3-4-6-24/h7-10,15,19,22,24H,3-6,11-14,16-18H2,1-2H3,(H,29,30,35)/t19-,22+/m0/s1. The Labute approximate surface area is 244 Å². The number of aromatic nitrogens is 1. The molecule has 2 atom stereocenters. The van der Waals surface area contributed by atoms with Crippen LogP contribution in [0, 0.1) is 0 Å². The van der Waals surface area contributed by atoms with E-state index in [0.29, 0.717) is 56.3 Å². The van der Waals surface area contributed by atoms with Crippen molar-refractivity contribution in [2.75, 3.05) is 38.2 Å². The Morgan fingerprint density at radius 2 is 1.93 bits per heavy atom. The molecule has 222 valence electrons. The second-order valence-corrected chi connectivity index (χ2v) is 14.2. The summed E-state index contributed by atoms with van der Waals surface area (Å²) in [6.07, 6.45) is 5.38. The zero-order chi connectivity index (χ0) is 29.0. The van der Waals surface area contributed by atoms with Crippen LogP contribution < -0.4 is 5.32 Å². The second-order valence-electron chi connectivity index (χ2n) is 10.9. The molecule has 2 saturated heterocycles. The van der Waals surface area contributed by atoms with E-state index in [4.69, 9.17) is 9.57 Å². The van der Waals surface area contributed by atoms with Gasteiger partial charge in [-0.25, -0.2) is 13.4 Å². The van der Waals surface area contributed by atoms with Crippen molar-refractivity contribution in [3.8, 4) is 0 Å². The van der Waals surface area contributed by atoms with Gasteiger partial charge in [0.1, 0.15) is 0 Å². The molecule has 1 aliphatic carbocycles. The largest absolute Gasteiger partial charge is 0.389 e. The zero-order valence-electron chi connectivity index (χ0n) is 23.5. The van der Waals surface area contributed by atoms with Crippen molar-refractivity contribution >= 4 is 43.8 Å². The number of thiazole rings is 1. The van der Waals surface area contributed by atoms with Crippen molar-refractivity contribution < 1.29 is 27.6 Å². The van der Waals surface area contributed by atoms with Gasteiger partial charge in [0.05, 0.1) is 23.4 Å². The van der Waals surface area contributed by atoms with Gasteiger partial charge in [0, 0.05) is 62.2 Å². The molecule has 1 aromatic carbocycles. The summed E-state index contributed by atoms with van der Waals surface area (Å²) in [6, 6.07) is 6.42. The SMILES string of the molecule is CC(=O)N1CCN(Cc2cnc(NC(=O)C(=NO[C@@H]3CCOC3)c3ccc(S(=O)(=O)C4CCCC4)cc3)s2)C[C@@H]1C. The molecule has 1 saturated carbocycles. The van der Waals surface area contributed by atoms with Gasteiger partial charge in [-0.2, -0.15) is 0 Å².